The van der Waals surface area contributed by atoms with E-state index in [1.807, 2.05) is 18.2 Å². The Balaban J connectivity index is 2.52. The number of hydrogen-bond donors (Lipinski definition) is 2. The van der Waals surface area contributed by atoms with Crippen LogP contribution in [-0.2, 0) is 0 Å². The highest BCUT2D eigenvalue weighted by Gasteiger charge is 2.16. The number of rotatable bonds is 3. The van der Waals surface area contributed by atoms with Gasteiger partial charge in [-0.3, -0.25) is 5.84 Å². The zero-order valence-electron chi connectivity index (χ0n) is 10.9. The molecule has 4 heteroatoms. The first-order valence-electron chi connectivity index (χ1n) is 6.00. The van der Waals surface area contributed by atoms with Crippen molar-refractivity contribution in [1.82, 2.24) is 5.43 Å². The Bertz CT molecular complexity index is 578. The number of hydrogen-bond acceptors (Lipinski definition) is 2. The molecule has 3 N–H and O–H groups in total. The van der Waals surface area contributed by atoms with E-state index in [0.29, 0.717) is 5.02 Å². The second-order valence-electron chi connectivity index (χ2n) is 4.69. The van der Waals surface area contributed by atoms with Crippen LogP contribution in [0.1, 0.15) is 28.3 Å². The molecule has 100 valence electrons. The Kier molecular flexibility index (Phi) is 4.63. The Morgan fingerprint density at radius 3 is 2.32 bits per heavy atom. The third-order valence-corrected chi connectivity index (χ3v) is 3.85. The van der Waals surface area contributed by atoms with Gasteiger partial charge in [-0.15, -0.1) is 0 Å². The monoisotopic (exact) mass is 338 g/mol. The van der Waals surface area contributed by atoms with Crippen LogP contribution in [-0.4, -0.2) is 0 Å². The smallest absolute Gasteiger partial charge is 0.0725 e. The lowest BCUT2D eigenvalue weighted by Gasteiger charge is -2.19. The van der Waals surface area contributed by atoms with Crippen molar-refractivity contribution in [1.29, 1.82) is 0 Å². The predicted octanol–water partition coefficient (Wildman–Crippen LogP) is 4.27. The summed E-state index contributed by atoms with van der Waals surface area (Å²) >= 11 is 9.75. The Labute approximate surface area is 127 Å². The molecule has 0 saturated carbocycles. The van der Waals surface area contributed by atoms with Crippen molar-refractivity contribution in [3.05, 3.63) is 68.1 Å². The molecule has 0 amide bonds. The second-order valence-corrected chi connectivity index (χ2v) is 6.01. The van der Waals surface area contributed by atoms with Crippen LogP contribution >= 0.6 is 27.5 Å². The van der Waals surface area contributed by atoms with Gasteiger partial charge in [0.15, 0.2) is 0 Å². The summed E-state index contributed by atoms with van der Waals surface area (Å²) in [5.41, 5.74) is 7.34. The zero-order valence-corrected chi connectivity index (χ0v) is 13.2. The maximum atomic E-state index is 6.28. The molecule has 2 aromatic rings. The normalized spacial score (nSPS) is 12.5. The van der Waals surface area contributed by atoms with Crippen molar-refractivity contribution in [2.45, 2.75) is 19.9 Å². The standard InChI is InChI=1S/C15H16BrClN2/c1-9-5-10(2)7-11(6-9)15(19-18)13-8-12(16)3-4-14(13)17/h3-8,15,19H,18H2,1-2H3. The minimum Gasteiger partial charge on any atom is -0.271 e. The van der Waals surface area contributed by atoms with Crippen LogP contribution in [0.4, 0.5) is 0 Å². The highest BCUT2D eigenvalue weighted by Crippen LogP contribution is 2.31. The van der Waals surface area contributed by atoms with E-state index in [-0.39, 0.29) is 6.04 Å². The molecule has 0 radical (unpaired) electrons. The van der Waals surface area contributed by atoms with E-state index in [1.165, 1.54) is 11.1 Å². The van der Waals surface area contributed by atoms with E-state index in [1.54, 1.807) is 0 Å². The van der Waals surface area contributed by atoms with Gasteiger partial charge in [0.05, 0.1) is 6.04 Å². The van der Waals surface area contributed by atoms with Gasteiger partial charge in [-0.25, -0.2) is 5.43 Å². The molecule has 2 rings (SSSR count). The van der Waals surface area contributed by atoms with Gasteiger partial charge in [-0.1, -0.05) is 56.9 Å². The fourth-order valence-corrected chi connectivity index (χ4v) is 2.88. The molecule has 0 fully saturated rings. The second kappa shape index (κ2) is 6.06. The average Bonchev–Trinajstić information content (AvgIpc) is 2.33. The van der Waals surface area contributed by atoms with Crippen LogP contribution in [0.2, 0.25) is 5.02 Å². The van der Waals surface area contributed by atoms with Crippen LogP contribution in [0.5, 0.6) is 0 Å². The first-order valence-corrected chi connectivity index (χ1v) is 7.17. The fourth-order valence-electron chi connectivity index (χ4n) is 2.28. The molecule has 0 aliphatic carbocycles. The van der Waals surface area contributed by atoms with Gasteiger partial charge in [0.2, 0.25) is 0 Å². The molecule has 0 heterocycles. The summed E-state index contributed by atoms with van der Waals surface area (Å²) in [5, 5.41) is 0.699. The maximum Gasteiger partial charge on any atom is 0.0725 e. The Hall–Kier alpha value is -0.870. The summed E-state index contributed by atoms with van der Waals surface area (Å²) in [6.45, 7) is 4.15. The van der Waals surface area contributed by atoms with E-state index in [4.69, 9.17) is 17.4 Å². The van der Waals surface area contributed by atoms with Crippen LogP contribution in [0.3, 0.4) is 0 Å². The van der Waals surface area contributed by atoms with Crippen LogP contribution < -0.4 is 11.3 Å². The number of benzene rings is 2. The SMILES string of the molecule is Cc1cc(C)cc(C(NN)c2cc(Br)ccc2Cl)c1. The third kappa shape index (κ3) is 3.37. The number of aryl methyl sites for hydroxylation is 2. The van der Waals surface area contributed by atoms with Gasteiger partial charge in [-0.05, 0) is 43.2 Å². The molecule has 0 aliphatic rings. The third-order valence-electron chi connectivity index (χ3n) is 3.01. The van der Waals surface area contributed by atoms with Crippen LogP contribution in [0, 0.1) is 13.8 Å². The number of halogens is 2. The fraction of sp³-hybridized carbons (Fsp3) is 0.200. The number of hydrazine groups is 1. The summed E-state index contributed by atoms with van der Waals surface area (Å²) in [5.74, 6) is 5.73. The molecular weight excluding hydrogens is 324 g/mol. The van der Waals surface area contributed by atoms with Gasteiger partial charge < -0.3 is 0 Å². The summed E-state index contributed by atoms with van der Waals surface area (Å²) in [6.07, 6.45) is 0. The molecule has 0 aliphatic heterocycles. The van der Waals surface area contributed by atoms with Crippen molar-refractivity contribution >= 4 is 27.5 Å². The van der Waals surface area contributed by atoms with E-state index < -0.39 is 0 Å². The molecule has 19 heavy (non-hydrogen) atoms. The summed E-state index contributed by atoms with van der Waals surface area (Å²) in [4.78, 5) is 0. The average molecular weight is 340 g/mol. The minimum atomic E-state index is -0.122. The minimum absolute atomic E-state index is 0.122. The molecule has 1 unspecified atom stereocenters. The van der Waals surface area contributed by atoms with Crippen molar-refractivity contribution < 1.29 is 0 Å². The molecule has 1 atom stereocenters. The highest BCUT2D eigenvalue weighted by molar-refractivity contribution is 9.10. The van der Waals surface area contributed by atoms with Gasteiger partial charge in [-0.2, -0.15) is 0 Å². The van der Waals surface area contributed by atoms with Crippen LogP contribution in [0.25, 0.3) is 0 Å². The summed E-state index contributed by atoms with van der Waals surface area (Å²) in [6, 6.07) is 12.0. The Morgan fingerprint density at radius 1 is 1.11 bits per heavy atom. The van der Waals surface area contributed by atoms with Crippen molar-refractivity contribution in [3.8, 4) is 0 Å². The number of nitrogens with one attached hydrogen (secondary N) is 1. The first kappa shape index (κ1) is 14.5. The molecule has 0 spiro atoms. The highest BCUT2D eigenvalue weighted by atomic mass is 79.9. The lowest BCUT2D eigenvalue weighted by Crippen LogP contribution is -2.29. The molecule has 2 nitrogen and oxygen atoms in total. The molecule has 0 bridgehead atoms. The van der Waals surface area contributed by atoms with E-state index >= 15 is 0 Å². The molecule has 2 aromatic carbocycles. The van der Waals surface area contributed by atoms with Crippen molar-refractivity contribution in [2.24, 2.45) is 5.84 Å². The Morgan fingerprint density at radius 2 is 1.74 bits per heavy atom. The molecule has 0 aromatic heterocycles. The first-order chi connectivity index (χ1) is 9.01. The van der Waals surface area contributed by atoms with Gasteiger partial charge in [0, 0.05) is 9.50 Å². The van der Waals surface area contributed by atoms with Gasteiger partial charge in [0.25, 0.3) is 0 Å². The van der Waals surface area contributed by atoms with Gasteiger partial charge >= 0.3 is 0 Å². The van der Waals surface area contributed by atoms with Gasteiger partial charge in [0.1, 0.15) is 0 Å². The number of nitrogens with two attached hydrogens (primary N) is 1. The van der Waals surface area contributed by atoms with Crippen LogP contribution in [0.15, 0.2) is 40.9 Å². The lowest BCUT2D eigenvalue weighted by molar-refractivity contribution is 0.636. The molecule has 0 saturated heterocycles. The van der Waals surface area contributed by atoms with E-state index in [2.05, 4.69) is 53.4 Å². The summed E-state index contributed by atoms with van der Waals surface area (Å²) < 4.78 is 0.983. The summed E-state index contributed by atoms with van der Waals surface area (Å²) in [7, 11) is 0. The van der Waals surface area contributed by atoms with Crippen molar-refractivity contribution in [2.75, 3.05) is 0 Å². The van der Waals surface area contributed by atoms with E-state index in [9.17, 15) is 0 Å². The zero-order chi connectivity index (χ0) is 14.0. The lowest BCUT2D eigenvalue weighted by atomic mass is 9.96. The quantitative estimate of drug-likeness (QED) is 0.647. The maximum absolute atomic E-state index is 6.28. The largest absolute Gasteiger partial charge is 0.271 e. The topological polar surface area (TPSA) is 38.0 Å². The predicted molar refractivity (Wildman–Crippen MR) is 84.2 cm³/mol. The van der Waals surface area contributed by atoms with E-state index in [0.717, 1.165) is 15.6 Å². The van der Waals surface area contributed by atoms with Crippen molar-refractivity contribution in [3.63, 3.8) is 0 Å². The molecular formula is C15H16BrClN2.